The molecule has 0 radical (unpaired) electrons. The van der Waals surface area contributed by atoms with E-state index in [-0.39, 0.29) is 0 Å². The van der Waals surface area contributed by atoms with E-state index in [0.717, 1.165) is 36.3 Å². The molecule has 1 rings (SSSR count). The number of methoxy groups -OCH3 is 1. The van der Waals surface area contributed by atoms with E-state index in [1.54, 1.807) is 7.11 Å². The largest absolute Gasteiger partial charge is 0.383 e. The van der Waals surface area contributed by atoms with Crippen molar-refractivity contribution in [2.45, 2.75) is 25.9 Å². The van der Waals surface area contributed by atoms with Crippen LogP contribution in [0.1, 0.15) is 18.9 Å². The summed E-state index contributed by atoms with van der Waals surface area (Å²) in [6.45, 7) is 4.72. The van der Waals surface area contributed by atoms with E-state index >= 15 is 0 Å². The summed E-state index contributed by atoms with van der Waals surface area (Å²) < 4.78 is 6.21. The lowest BCUT2D eigenvalue weighted by atomic mass is 10.1. The first-order chi connectivity index (χ1) is 10.1. The van der Waals surface area contributed by atoms with Crippen molar-refractivity contribution < 1.29 is 4.74 Å². The fourth-order valence-electron chi connectivity index (χ4n) is 2.33. The number of nitrogens with one attached hydrogen (secondary N) is 1. The molecule has 0 fully saturated rings. The molecule has 1 N–H and O–H groups in total. The first-order valence-electron chi connectivity index (χ1n) is 7.33. The van der Waals surface area contributed by atoms with Crippen LogP contribution in [-0.4, -0.2) is 45.4 Å². The molecule has 120 valence electrons. The third-order valence-electron chi connectivity index (χ3n) is 3.60. The van der Waals surface area contributed by atoms with E-state index in [1.165, 1.54) is 11.3 Å². The molecule has 0 saturated heterocycles. The standard InChI is InChI=1S/C16H27BrN2OS/c1-5-15(12-21-4)19(2)16-7-6-14(17)10-13(16)11-18-8-9-20-3/h6-7,10,15,18H,5,8-9,11-12H2,1-4H3. The van der Waals surface area contributed by atoms with Crippen LogP contribution in [0.3, 0.4) is 0 Å². The van der Waals surface area contributed by atoms with Crippen LogP contribution in [0, 0.1) is 0 Å². The summed E-state index contributed by atoms with van der Waals surface area (Å²) in [7, 11) is 3.93. The lowest BCUT2D eigenvalue weighted by Crippen LogP contribution is -2.34. The Kier molecular flexibility index (Phi) is 9.40. The van der Waals surface area contributed by atoms with Gasteiger partial charge in [-0.15, -0.1) is 0 Å². The highest BCUT2D eigenvalue weighted by Gasteiger charge is 2.15. The van der Waals surface area contributed by atoms with Crippen molar-refractivity contribution in [1.82, 2.24) is 5.32 Å². The Morgan fingerprint density at radius 1 is 1.43 bits per heavy atom. The van der Waals surface area contributed by atoms with Gasteiger partial charge in [-0.05, 0) is 36.4 Å². The number of hydrogen-bond acceptors (Lipinski definition) is 4. The maximum atomic E-state index is 5.08. The SMILES string of the molecule is CCC(CSC)N(C)c1ccc(Br)cc1CNCCOC. The van der Waals surface area contributed by atoms with Crippen molar-refractivity contribution in [2.24, 2.45) is 0 Å². The fraction of sp³-hybridized carbons (Fsp3) is 0.625. The maximum absolute atomic E-state index is 5.08. The number of thioether (sulfide) groups is 1. The van der Waals surface area contributed by atoms with Gasteiger partial charge < -0.3 is 15.0 Å². The predicted molar refractivity (Wildman–Crippen MR) is 98.6 cm³/mol. The summed E-state index contributed by atoms with van der Waals surface area (Å²) in [5.74, 6) is 1.15. The van der Waals surface area contributed by atoms with Gasteiger partial charge in [-0.2, -0.15) is 11.8 Å². The molecule has 0 heterocycles. The number of hydrogen-bond donors (Lipinski definition) is 1. The predicted octanol–water partition coefficient (Wildman–Crippen LogP) is 3.76. The molecule has 0 amide bonds. The summed E-state index contributed by atoms with van der Waals surface area (Å²) in [4.78, 5) is 2.41. The van der Waals surface area contributed by atoms with Crippen molar-refractivity contribution in [2.75, 3.05) is 44.2 Å². The van der Waals surface area contributed by atoms with Crippen LogP contribution in [0.4, 0.5) is 5.69 Å². The van der Waals surface area contributed by atoms with Crippen LogP contribution in [-0.2, 0) is 11.3 Å². The lowest BCUT2D eigenvalue weighted by Gasteiger charge is -2.31. The number of ether oxygens (including phenoxy) is 1. The summed E-state index contributed by atoms with van der Waals surface area (Å²) in [6.07, 6.45) is 3.33. The normalized spacial score (nSPS) is 12.4. The molecule has 0 spiro atoms. The molecule has 0 bridgehead atoms. The monoisotopic (exact) mass is 374 g/mol. The highest BCUT2D eigenvalue weighted by Crippen LogP contribution is 2.26. The minimum absolute atomic E-state index is 0.568. The first-order valence-corrected chi connectivity index (χ1v) is 9.52. The molecule has 0 aliphatic heterocycles. The maximum Gasteiger partial charge on any atom is 0.0587 e. The number of benzene rings is 1. The Balaban J connectivity index is 2.83. The molecule has 1 aromatic rings. The van der Waals surface area contributed by atoms with Gasteiger partial charge in [0.1, 0.15) is 0 Å². The van der Waals surface area contributed by atoms with Gasteiger partial charge in [0.15, 0.2) is 0 Å². The Bertz CT molecular complexity index is 417. The highest BCUT2D eigenvalue weighted by atomic mass is 79.9. The van der Waals surface area contributed by atoms with Crippen LogP contribution in [0.15, 0.2) is 22.7 Å². The number of halogens is 1. The second-order valence-electron chi connectivity index (χ2n) is 5.07. The lowest BCUT2D eigenvalue weighted by molar-refractivity contribution is 0.199. The first kappa shape index (κ1) is 18.8. The van der Waals surface area contributed by atoms with Crippen molar-refractivity contribution in [3.05, 3.63) is 28.2 Å². The van der Waals surface area contributed by atoms with Crippen molar-refractivity contribution in [3.63, 3.8) is 0 Å². The van der Waals surface area contributed by atoms with Crippen molar-refractivity contribution in [1.29, 1.82) is 0 Å². The quantitative estimate of drug-likeness (QED) is 0.630. The molecule has 0 aromatic heterocycles. The third-order valence-corrected chi connectivity index (χ3v) is 4.81. The molecular formula is C16H27BrN2OS. The Labute approximate surface area is 141 Å². The Morgan fingerprint density at radius 3 is 2.81 bits per heavy atom. The van der Waals surface area contributed by atoms with Gasteiger partial charge >= 0.3 is 0 Å². The van der Waals surface area contributed by atoms with Gasteiger partial charge in [0, 0.05) is 49.2 Å². The minimum Gasteiger partial charge on any atom is -0.383 e. The summed E-state index contributed by atoms with van der Waals surface area (Å²) >= 11 is 5.49. The third kappa shape index (κ3) is 6.19. The number of anilines is 1. The van der Waals surface area contributed by atoms with Crippen molar-refractivity contribution in [3.8, 4) is 0 Å². The highest BCUT2D eigenvalue weighted by molar-refractivity contribution is 9.10. The van der Waals surface area contributed by atoms with Crippen LogP contribution >= 0.6 is 27.7 Å². The van der Waals surface area contributed by atoms with Gasteiger partial charge in [0.2, 0.25) is 0 Å². The summed E-state index contributed by atoms with van der Waals surface area (Å²) in [5.41, 5.74) is 2.63. The molecule has 0 aliphatic carbocycles. The van der Waals surface area contributed by atoms with Crippen LogP contribution in [0.2, 0.25) is 0 Å². The van der Waals surface area contributed by atoms with E-state index in [1.807, 2.05) is 11.8 Å². The molecule has 21 heavy (non-hydrogen) atoms. The summed E-state index contributed by atoms with van der Waals surface area (Å²) in [5, 5.41) is 3.44. The minimum atomic E-state index is 0.568. The zero-order valence-corrected chi connectivity index (χ0v) is 15.9. The second kappa shape index (κ2) is 10.5. The van der Waals surface area contributed by atoms with Gasteiger partial charge in [0.25, 0.3) is 0 Å². The van der Waals surface area contributed by atoms with Crippen molar-refractivity contribution >= 4 is 33.4 Å². The van der Waals surface area contributed by atoms with E-state index in [4.69, 9.17) is 4.74 Å². The molecule has 0 saturated carbocycles. The zero-order chi connectivity index (χ0) is 15.7. The molecule has 5 heteroatoms. The fourth-order valence-corrected chi connectivity index (χ4v) is 3.58. The molecule has 3 nitrogen and oxygen atoms in total. The molecule has 1 unspecified atom stereocenters. The van der Waals surface area contributed by atoms with E-state index < -0.39 is 0 Å². The Hall–Kier alpha value is -0.230. The van der Waals surface area contributed by atoms with Gasteiger partial charge in [-0.25, -0.2) is 0 Å². The average Bonchev–Trinajstić information content (AvgIpc) is 2.48. The van der Waals surface area contributed by atoms with Gasteiger partial charge in [-0.3, -0.25) is 0 Å². The number of rotatable bonds is 10. The van der Waals surface area contributed by atoms with E-state index in [2.05, 4.69) is 64.6 Å². The van der Waals surface area contributed by atoms with Gasteiger partial charge in [0.05, 0.1) is 6.61 Å². The van der Waals surface area contributed by atoms with E-state index in [9.17, 15) is 0 Å². The van der Waals surface area contributed by atoms with Crippen LogP contribution < -0.4 is 10.2 Å². The zero-order valence-electron chi connectivity index (χ0n) is 13.5. The second-order valence-corrected chi connectivity index (χ2v) is 6.90. The Morgan fingerprint density at radius 2 is 2.19 bits per heavy atom. The summed E-state index contributed by atoms with van der Waals surface area (Å²) in [6, 6.07) is 7.10. The number of nitrogens with zero attached hydrogens (tertiary/aromatic N) is 1. The van der Waals surface area contributed by atoms with Crippen LogP contribution in [0.25, 0.3) is 0 Å². The topological polar surface area (TPSA) is 24.5 Å². The van der Waals surface area contributed by atoms with Crippen LogP contribution in [0.5, 0.6) is 0 Å². The van der Waals surface area contributed by atoms with Gasteiger partial charge in [-0.1, -0.05) is 22.9 Å². The smallest absolute Gasteiger partial charge is 0.0587 e. The molecule has 0 aliphatic rings. The molecule has 1 aromatic carbocycles. The molecular weight excluding hydrogens is 348 g/mol. The average molecular weight is 375 g/mol. The van der Waals surface area contributed by atoms with E-state index in [0.29, 0.717) is 6.04 Å². The molecule has 1 atom stereocenters.